The minimum atomic E-state index is -0.470. The van der Waals surface area contributed by atoms with E-state index in [0.29, 0.717) is 19.6 Å². The minimum absolute atomic E-state index is 0.231. The summed E-state index contributed by atoms with van der Waals surface area (Å²) in [4.78, 5) is 0.925. The van der Waals surface area contributed by atoms with Crippen molar-refractivity contribution in [3.63, 3.8) is 0 Å². The number of allylic oxidation sites excluding steroid dienone is 2. The third-order valence-electron chi connectivity index (χ3n) is 2.94. The van der Waals surface area contributed by atoms with E-state index in [-0.39, 0.29) is 19.6 Å². The molecule has 2 aliphatic rings. The van der Waals surface area contributed by atoms with Gasteiger partial charge >= 0.3 is 0 Å². The van der Waals surface area contributed by atoms with Crippen molar-refractivity contribution in [2.75, 3.05) is 0 Å². The third-order valence-corrected chi connectivity index (χ3v) is 8.51. The Morgan fingerprint density at radius 3 is 1.23 bits per heavy atom. The van der Waals surface area contributed by atoms with Gasteiger partial charge in [0.15, 0.2) is 11.6 Å². The fourth-order valence-corrected chi connectivity index (χ4v) is 6.77. The van der Waals surface area contributed by atoms with Gasteiger partial charge in [-0.1, -0.05) is 47.0 Å². The van der Waals surface area contributed by atoms with Crippen molar-refractivity contribution >= 4 is 47.0 Å². The van der Waals surface area contributed by atoms with E-state index in [2.05, 4.69) is 0 Å². The van der Waals surface area contributed by atoms with Gasteiger partial charge in [0.05, 0.1) is 40.2 Å². The molecule has 0 fully saturated rings. The van der Waals surface area contributed by atoms with E-state index in [9.17, 15) is 8.78 Å². The second-order valence-corrected chi connectivity index (χ2v) is 9.00. The van der Waals surface area contributed by atoms with E-state index in [1.165, 1.54) is 0 Å². The van der Waals surface area contributed by atoms with Crippen LogP contribution < -0.4 is 0 Å². The zero-order chi connectivity index (χ0) is 16.0. The topological polar surface area (TPSA) is 47.6 Å². The van der Waals surface area contributed by atoms with Gasteiger partial charge in [-0.15, -0.1) is 0 Å². The first-order chi connectivity index (χ1) is 10.5. The van der Waals surface area contributed by atoms with Crippen LogP contribution in [0.1, 0.15) is 13.8 Å². The largest absolute Gasteiger partial charge is 0.204 e. The lowest BCUT2D eigenvalue weighted by molar-refractivity contribution is 0.504. The summed E-state index contributed by atoms with van der Waals surface area (Å²) in [5, 5.41) is 17.9. The number of fused-ring (bicyclic) bond motifs is 2. The number of hydrogen-bond donors (Lipinski definition) is 0. The van der Waals surface area contributed by atoms with Gasteiger partial charge in [0.1, 0.15) is 0 Å². The fourth-order valence-electron chi connectivity index (χ4n) is 1.78. The summed E-state index contributed by atoms with van der Waals surface area (Å²) in [7, 11) is 0. The van der Waals surface area contributed by atoms with Crippen molar-refractivity contribution in [1.82, 2.24) is 0 Å². The molecule has 2 heterocycles. The van der Waals surface area contributed by atoms with Gasteiger partial charge in [-0.2, -0.15) is 10.5 Å². The summed E-state index contributed by atoms with van der Waals surface area (Å²) in [6.45, 7) is 3.26. The number of nitriles is 2. The molecule has 0 saturated heterocycles. The van der Waals surface area contributed by atoms with Crippen LogP contribution in [0.2, 0.25) is 0 Å². The van der Waals surface area contributed by atoms with Gasteiger partial charge in [-0.25, -0.2) is 8.78 Å². The number of benzene rings is 1. The van der Waals surface area contributed by atoms with E-state index in [0.717, 1.165) is 47.0 Å². The minimum Gasteiger partial charge on any atom is -0.204 e. The van der Waals surface area contributed by atoms with Gasteiger partial charge < -0.3 is 0 Å². The quantitative estimate of drug-likeness (QED) is 0.534. The van der Waals surface area contributed by atoms with Crippen LogP contribution in [0.4, 0.5) is 8.78 Å². The zero-order valence-corrected chi connectivity index (χ0v) is 14.5. The highest BCUT2D eigenvalue weighted by atomic mass is 32.2. The van der Waals surface area contributed by atoms with Crippen molar-refractivity contribution < 1.29 is 8.78 Å². The van der Waals surface area contributed by atoms with Gasteiger partial charge in [0, 0.05) is 11.1 Å². The Hall–Kier alpha value is -1.06. The maximum atomic E-state index is 14.7. The van der Waals surface area contributed by atoms with Crippen LogP contribution in [-0.4, -0.2) is 0 Å². The molecule has 1 aromatic carbocycles. The molecule has 0 N–H and O–H groups in total. The highest BCUT2D eigenvalue weighted by Crippen LogP contribution is 2.62. The van der Waals surface area contributed by atoms with Crippen molar-refractivity contribution in [2.45, 2.75) is 33.4 Å². The van der Waals surface area contributed by atoms with Gasteiger partial charge in [-0.05, 0) is 13.8 Å². The van der Waals surface area contributed by atoms with Crippen molar-refractivity contribution in [2.24, 2.45) is 0 Å². The number of nitrogens with zero attached hydrogens (tertiary/aromatic N) is 2. The fraction of sp³-hybridized carbons (Fsp3) is 0.143. The van der Waals surface area contributed by atoms with E-state index in [4.69, 9.17) is 10.5 Å². The van der Waals surface area contributed by atoms with Crippen LogP contribution in [0.5, 0.6) is 0 Å². The molecule has 1 aromatic rings. The summed E-state index contributed by atoms with van der Waals surface area (Å²) in [6.07, 6.45) is 0. The molecule has 0 amide bonds. The Kier molecular flexibility index (Phi) is 4.21. The van der Waals surface area contributed by atoms with Crippen LogP contribution >= 0.6 is 47.0 Å². The summed E-state index contributed by atoms with van der Waals surface area (Å²) < 4.78 is 30.6. The molecular weight excluding hydrogens is 362 g/mol. The first-order valence-electron chi connectivity index (χ1n) is 5.96. The van der Waals surface area contributed by atoms with Gasteiger partial charge in [0.2, 0.25) is 0 Å². The molecule has 2 aliphatic heterocycles. The Morgan fingerprint density at radius 1 is 0.727 bits per heavy atom. The number of hydrogen-bond acceptors (Lipinski definition) is 6. The normalized spacial score (nSPS) is 15.2. The summed E-state index contributed by atoms with van der Waals surface area (Å²) in [5.41, 5.74) is 0.901. The molecule has 0 radical (unpaired) electrons. The molecule has 2 nitrogen and oxygen atoms in total. The van der Waals surface area contributed by atoms with E-state index < -0.39 is 11.6 Å². The number of thioether (sulfide) groups is 4. The molecule has 22 heavy (non-hydrogen) atoms. The van der Waals surface area contributed by atoms with Crippen molar-refractivity contribution in [1.29, 1.82) is 10.5 Å². The molecule has 0 aliphatic carbocycles. The molecule has 8 heteroatoms. The smallest absolute Gasteiger partial charge is 0.153 e. The lowest BCUT2D eigenvalue weighted by atomic mass is 10.3. The molecular formula is C14H6F2N2S4. The lowest BCUT2D eigenvalue weighted by Gasteiger charge is -2.05. The monoisotopic (exact) mass is 368 g/mol. The Balaban J connectivity index is 2.15. The molecule has 3 rings (SSSR count). The predicted octanol–water partition coefficient (Wildman–Crippen LogP) is 5.87. The maximum Gasteiger partial charge on any atom is 0.153 e. The molecule has 0 bridgehead atoms. The van der Waals surface area contributed by atoms with Crippen LogP contribution in [-0.2, 0) is 0 Å². The molecule has 0 unspecified atom stereocenters. The van der Waals surface area contributed by atoms with E-state index >= 15 is 0 Å². The Labute approximate surface area is 143 Å². The summed E-state index contributed by atoms with van der Waals surface area (Å²) in [6, 6.07) is 4.01. The second-order valence-electron chi connectivity index (χ2n) is 4.40. The van der Waals surface area contributed by atoms with Crippen LogP contribution in [0, 0.1) is 34.3 Å². The maximum absolute atomic E-state index is 14.7. The van der Waals surface area contributed by atoms with Crippen LogP contribution in [0.3, 0.4) is 0 Å². The second kappa shape index (κ2) is 5.86. The SMILES string of the molecule is CC(C#N)=C1Sc2c(F)c3c(c(F)c2S1)SC(=C(C)C#N)S3. The third kappa shape index (κ3) is 2.35. The molecule has 110 valence electrons. The van der Waals surface area contributed by atoms with Crippen LogP contribution in [0.15, 0.2) is 39.2 Å². The Morgan fingerprint density at radius 2 is 1.00 bits per heavy atom. The number of rotatable bonds is 0. The first-order valence-corrected chi connectivity index (χ1v) is 9.22. The van der Waals surface area contributed by atoms with Crippen molar-refractivity contribution in [3.8, 4) is 12.1 Å². The average Bonchev–Trinajstić information content (AvgIpc) is 3.16. The average molecular weight is 368 g/mol. The molecule has 0 atom stereocenters. The van der Waals surface area contributed by atoms with Crippen LogP contribution in [0.25, 0.3) is 0 Å². The highest BCUT2D eigenvalue weighted by Gasteiger charge is 2.36. The number of halogens is 2. The van der Waals surface area contributed by atoms with Gasteiger partial charge in [0.25, 0.3) is 0 Å². The molecule has 0 saturated carbocycles. The van der Waals surface area contributed by atoms with Crippen molar-refractivity contribution in [3.05, 3.63) is 31.3 Å². The highest BCUT2D eigenvalue weighted by molar-refractivity contribution is 8.25. The summed E-state index contributed by atoms with van der Waals surface area (Å²) >= 11 is 4.37. The van der Waals surface area contributed by atoms with E-state index in [1.54, 1.807) is 13.8 Å². The Bertz CT molecular complexity index is 747. The lowest BCUT2D eigenvalue weighted by Crippen LogP contribution is -1.91. The zero-order valence-electron chi connectivity index (χ0n) is 11.3. The predicted molar refractivity (Wildman–Crippen MR) is 86.4 cm³/mol. The molecule has 0 spiro atoms. The summed E-state index contributed by atoms with van der Waals surface area (Å²) in [5.74, 6) is -0.939. The molecule has 0 aromatic heterocycles. The standard InChI is InChI=1S/C14H6F2N2S4/c1-5(3-17)13-19-9-7(15)11-12(8(16)10(9)20-13)22-14(21-11)6(2)4-18/h1-2H3. The van der Waals surface area contributed by atoms with E-state index in [1.807, 2.05) is 12.1 Å². The first kappa shape index (κ1) is 15.8. The van der Waals surface area contributed by atoms with Gasteiger partial charge in [-0.3, -0.25) is 0 Å².